The molecule has 0 N–H and O–H groups in total. The maximum Gasteiger partial charge on any atom is 0.312 e. The van der Waals surface area contributed by atoms with E-state index < -0.39 is 8.07 Å². The molecule has 100 valence electrons. The minimum atomic E-state index is -1.74. The fourth-order valence-corrected chi connectivity index (χ4v) is 6.18. The zero-order valence-electron chi connectivity index (χ0n) is 12.2. The van der Waals surface area contributed by atoms with Crippen LogP contribution in [0.2, 0.25) is 18.1 Å². The van der Waals surface area contributed by atoms with Gasteiger partial charge in [-0.05, 0) is 12.0 Å². The first-order chi connectivity index (χ1) is 7.60. The van der Waals surface area contributed by atoms with Crippen molar-refractivity contribution >= 4 is 14.0 Å². The fourth-order valence-electron chi connectivity index (χ4n) is 2.63. The highest BCUT2D eigenvalue weighted by molar-refractivity contribution is 6.83. The van der Waals surface area contributed by atoms with Gasteiger partial charge in [0.05, 0.1) is 5.92 Å². The predicted molar refractivity (Wildman–Crippen MR) is 71.7 cm³/mol. The molecule has 2 atom stereocenters. The molecule has 3 nitrogen and oxygen atoms in total. The number of carbonyl (C=O) groups excluding carboxylic acids is 1. The van der Waals surface area contributed by atoms with E-state index in [0.29, 0.717) is 6.61 Å². The Labute approximate surface area is 106 Å². The summed E-state index contributed by atoms with van der Waals surface area (Å²) in [5, 5.41) is -0.0476. The molecule has 0 unspecified atom stereocenters. The predicted octanol–water partition coefficient (Wildman–Crippen LogP) is 3.00. The van der Waals surface area contributed by atoms with Crippen LogP contribution < -0.4 is 0 Å². The van der Waals surface area contributed by atoms with Crippen LogP contribution in [0.3, 0.4) is 0 Å². The lowest BCUT2D eigenvalue weighted by molar-refractivity contribution is -0.196. The second-order valence-corrected chi connectivity index (χ2v) is 12.2. The number of esters is 1. The molecule has 0 radical (unpaired) electrons. The molecule has 0 spiro atoms. The Hall–Kier alpha value is -0.353. The summed E-state index contributed by atoms with van der Waals surface area (Å²) in [6.07, 6.45) is 0.826. The van der Waals surface area contributed by atoms with Crippen LogP contribution >= 0.6 is 0 Å². The van der Waals surface area contributed by atoms with Crippen molar-refractivity contribution in [2.24, 2.45) is 5.92 Å². The average Bonchev–Trinajstić information content (AvgIpc) is 2.21. The van der Waals surface area contributed by atoms with Crippen LogP contribution in [0.1, 0.15) is 34.1 Å². The lowest BCUT2D eigenvalue weighted by atomic mass is 9.95. The van der Waals surface area contributed by atoms with Gasteiger partial charge in [-0.3, -0.25) is 4.79 Å². The molecule has 0 amide bonds. The summed E-state index contributed by atoms with van der Waals surface area (Å²) in [5.41, 5.74) is 0. The van der Waals surface area contributed by atoms with Crippen molar-refractivity contribution in [3.63, 3.8) is 0 Å². The first kappa shape index (κ1) is 14.7. The SMILES string of the molecule is COCC[C@]1([Si](C)(C)C(C)(C)C)OC(=O)[C@H]1C. The minimum absolute atomic E-state index is 0.0125. The van der Waals surface area contributed by atoms with Gasteiger partial charge in [0, 0.05) is 20.1 Å². The lowest BCUT2D eigenvalue weighted by Gasteiger charge is -2.59. The third-order valence-electron chi connectivity index (χ3n) is 4.95. The number of hydrogen-bond acceptors (Lipinski definition) is 3. The van der Waals surface area contributed by atoms with Crippen LogP contribution in [0.15, 0.2) is 0 Å². The summed E-state index contributed by atoms with van der Waals surface area (Å²) in [6, 6.07) is 0. The molecule has 0 saturated carbocycles. The highest BCUT2D eigenvalue weighted by atomic mass is 28.3. The second kappa shape index (κ2) is 4.39. The normalized spacial score (nSPS) is 29.8. The first-order valence-electron chi connectivity index (χ1n) is 6.32. The number of methoxy groups -OCH3 is 1. The van der Waals surface area contributed by atoms with Gasteiger partial charge < -0.3 is 9.47 Å². The molecule has 17 heavy (non-hydrogen) atoms. The lowest BCUT2D eigenvalue weighted by Crippen LogP contribution is -2.73. The molecule has 1 heterocycles. The van der Waals surface area contributed by atoms with E-state index in [1.54, 1.807) is 7.11 Å². The quantitative estimate of drug-likeness (QED) is 0.574. The van der Waals surface area contributed by atoms with Gasteiger partial charge in [0.15, 0.2) is 0 Å². The van der Waals surface area contributed by atoms with Crippen LogP contribution in [0.5, 0.6) is 0 Å². The van der Waals surface area contributed by atoms with Crippen LogP contribution in [0, 0.1) is 5.92 Å². The molecule has 0 aromatic carbocycles. The zero-order valence-corrected chi connectivity index (χ0v) is 13.2. The highest BCUT2D eigenvalue weighted by Crippen LogP contribution is 2.53. The molecule has 1 fully saturated rings. The van der Waals surface area contributed by atoms with E-state index in [4.69, 9.17) is 9.47 Å². The van der Waals surface area contributed by atoms with Gasteiger partial charge in [-0.25, -0.2) is 0 Å². The molecule has 0 aromatic heterocycles. The standard InChI is InChI=1S/C13H26O3Si/c1-10-11(14)16-13(10,8-9-15-5)17(6,7)12(2,3)4/h10H,8-9H2,1-7H3/t10-,13-/m1/s1. The molecule has 1 aliphatic heterocycles. The van der Waals surface area contributed by atoms with E-state index >= 15 is 0 Å². The second-order valence-electron chi connectivity index (χ2n) is 6.65. The van der Waals surface area contributed by atoms with E-state index in [9.17, 15) is 4.79 Å². The van der Waals surface area contributed by atoms with E-state index in [1.165, 1.54) is 0 Å². The van der Waals surface area contributed by atoms with Gasteiger partial charge >= 0.3 is 5.97 Å². The summed E-state index contributed by atoms with van der Waals surface area (Å²) in [7, 11) is -0.0380. The van der Waals surface area contributed by atoms with Crippen molar-refractivity contribution in [2.75, 3.05) is 13.7 Å². The number of ether oxygens (including phenoxy) is 2. The van der Waals surface area contributed by atoms with Crippen molar-refractivity contribution in [3.05, 3.63) is 0 Å². The topological polar surface area (TPSA) is 35.5 Å². The number of hydrogen-bond donors (Lipinski definition) is 0. The maximum atomic E-state index is 11.5. The smallest absolute Gasteiger partial charge is 0.312 e. The molecular formula is C13H26O3Si. The third-order valence-corrected chi connectivity index (χ3v) is 11.6. The Bertz CT molecular complexity index is 306. The third kappa shape index (κ3) is 2.06. The van der Waals surface area contributed by atoms with Crippen molar-refractivity contribution in [1.82, 2.24) is 0 Å². The van der Waals surface area contributed by atoms with Gasteiger partial charge in [0.25, 0.3) is 0 Å². The summed E-state index contributed by atoms with van der Waals surface area (Å²) in [4.78, 5) is 11.5. The number of cyclic esters (lactones) is 1. The summed E-state index contributed by atoms with van der Waals surface area (Å²) in [6.45, 7) is 14.1. The minimum Gasteiger partial charge on any atom is -0.462 e. The van der Waals surface area contributed by atoms with Crippen molar-refractivity contribution in [1.29, 1.82) is 0 Å². The summed E-state index contributed by atoms with van der Waals surface area (Å²) in [5.74, 6) is -0.0375. The van der Waals surface area contributed by atoms with Crippen LogP contribution in [0.25, 0.3) is 0 Å². The van der Waals surface area contributed by atoms with Crippen LogP contribution in [-0.2, 0) is 14.3 Å². The van der Waals surface area contributed by atoms with Gasteiger partial charge in [0.2, 0.25) is 0 Å². The molecule has 1 saturated heterocycles. The first-order valence-corrected chi connectivity index (χ1v) is 9.32. The molecule has 0 aliphatic carbocycles. The van der Waals surface area contributed by atoms with Crippen LogP contribution in [0.4, 0.5) is 0 Å². The zero-order chi connectivity index (χ0) is 13.5. The summed E-state index contributed by atoms with van der Waals surface area (Å²) < 4.78 is 10.9. The Morgan fingerprint density at radius 3 is 2.24 bits per heavy atom. The van der Waals surface area contributed by atoms with Gasteiger partial charge in [-0.15, -0.1) is 0 Å². The van der Waals surface area contributed by atoms with E-state index in [1.807, 2.05) is 6.92 Å². The Kier molecular flexibility index (Phi) is 3.80. The Morgan fingerprint density at radius 1 is 1.41 bits per heavy atom. The van der Waals surface area contributed by atoms with E-state index in [2.05, 4.69) is 33.9 Å². The Morgan fingerprint density at radius 2 is 1.94 bits per heavy atom. The maximum absolute atomic E-state index is 11.5. The Balaban J connectivity index is 3.04. The van der Waals surface area contributed by atoms with E-state index in [-0.39, 0.29) is 22.1 Å². The molecule has 0 aromatic rings. The molecule has 4 heteroatoms. The average molecular weight is 258 g/mol. The molecule has 0 bridgehead atoms. The van der Waals surface area contributed by atoms with Crippen molar-refractivity contribution < 1.29 is 14.3 Å². The molecular weight excluding hydrogens is 232 g/mol. The number of rotatable bonds is 4. The van der Waals surface area contributed by atoms with Crippen molar-refractivity contribution in [2.45, 2.75) is 57.5 Å². The van der Waals surface area contributed by atoms with Crippen molar-refractivity contribution in [3.8, 4) is 0 Å². The molecule has 1 rings (SSSR count). The fraction of sp³-hybridized carbons (Fsp3) is 0.923. The largest absolute Gasteiger partial charge is 0.462 e. The summed E-state index contributed by atoms with van der Waals surface area (Å²) >= 11 is 0. The van der Waals surface area contributed by atoms with Crippen LogP contribution in [-0.4, -0.2) is 33.0 Å². The van der Waals surface area contributed by atoms with Gasteiger partial charge in [-0.1, -0.05) is 33.9 Å². The van der Waals surface area contributed by atoms with Gasteiger partial charge in [0.1, 0.15) is 13.3 Å². The highest BCUT2D eigenvalue weighted by Gasteiger charge is 2.65. The van der Waals surface area contributed by atoms with Gasteiger partial charge in [-0.2, -0.15) is 0 Å². The monoisotopic (exact) mass is 258 g/mol. The molecule has 1 aliphatic rings. The van der Waals surface area contributed by atoms with E-state index in [0.717, 1.165) is 6.42 Å². The number of carbonyl (C=O) groups is 1.